The van der Waals surface area contributed by atoms with E-state index in [2.05, 4.69) is 6.58 Å². The third kappa shape index (κ3) is 6.62. The van der Waals surface area contributed by atoms with E-state index in [1.54, 1.807) is 6.92 Å². The molecular formula is C15H20O4. The molecule has 0 N–H and O–H groups in total. The first-order chi connectivity index (χ1) is 9.09. The van der Waals surface area contributed by atoms with Gasteiger partial charge in [-0.15, -0.1) is 0 Å². The fraction of sp³-hybridized carbons (Fsp3) is 0.400. The van der Waals surface area contributed by atoms with Crippen molar-refractivity contribution in [3.8, 4) is 5.75 Å². The Bertz CT molecular complexity index is 409. The molecule has 0 spiro atoms. The number of rotatable bonds is 8. The lowest BCUT2D eigenvalue weighted by Gasteiger charge is -2.08. The van der Waals surface area contributed by atoms with Crippen LogP contribution in [-0.2, 0) is 14.3 Å². The average Bonchev–Trinajstić information content (AvgIpc) is 2.39. The monoisotopic (exact) mass is 264 g/mol. The van der Waals surface area contributed by atoms with Gasteiger partial charge in [0.15, 0.2) is 0 Å². The minimum Gasteiger partial charge on any atom is -0.491 e. The quantitative estimate of drug-likeness (QED) is 0.411. The first-order valence-electron chi connectivity index (χ1n) is 6.19. The second-order valence-corrected chi connectivity index (χ2v) is 4.19. The van der Waals surface area contributed by atoms with Crippen LogP contribution in [0.2, 0.25) is 0 Å². The Morgan fingerprint density at radius 1 is 1.11 bits per heavy atom. The van der Waals surface area contributed by atoms with Gasteiger partial charge in [-0.2, -0.15) is 0 Å². The lowest BCUT2D eigenvalue weighted by atomic mass is 10.2. The molecule has 0 saturated carbocycles. The lowest BCUT2D eigenvalue weighted by Crippen LogP contribution is -2.13. The number of hydrogen-bond acceptors (Lipinski definition) is 4. The Morgan fingerprint density at radius 2 is 1.74 bits per heavy atom. The number of aryl methyl sites for hydroxylation is 1. The predicted octanol–water partition coefficient (Wildman–Crippen LogP) is 2.51. The highest BCUT2D eigenvalue weighted by Gasteiger charge is 2.01. The molecule has 4 heteroatoms. The molecule has 0 aromatic heterocycles. The van der Waals surface area contributed by atoms with Crippen molar-refractivity contribution in [3.63, 3.8) is 0 Å². The molecule has 0 unspecified atom stereocenters. The molecule has 0 saturated heterocycles. The average molecular weight is 264 g/mol. The van der Waals surface area contributed by atoms with Gasteiger partial charge in [0.25, 0.3) is 0 Å². The van der Waals surface area contributed by atoms with E-state index in [1.165, 1.54) is 5.56 Å². The van der Waals surface area contributed by atoms with E-state index in [0.717, 1.165) is 5.75 Å². The Labute approximate surface area is 114 Å². The third-order valence-corrected chi connectivity index (χ3v) is 2.33. The lowest BCUT2D eigenvalue weighted by molar-refractivity contribution is -0.140. The van der Waals surface area contributed by atoms with E-state index in [4.69, 9.17) is 14.2 Å². The maximum absolute atomic E-state index is 11.0. The Balaban J connectivity index is 2.01. The molecule has 0 amide bonds. The van der Waals surface area contributed by atoms with Crippen molar-refractivity contribution in [2.24, 2.45) is 0 Å². The fourth-order valence-corrected chi connectivity index (χ4v) is 1.27. The van der Waals surface area contributed by atoms with E-state index in [1.807, 2.05) is 31.2 Å². The summed E-state index contributed by atoms with van der Waals surface area (Å²) in [4.78, 5) is 11.0. The summed E-state index contributed by atoms with van der Waals surface area (Å²) in [5, 5.41) is 0. The Hall–Kier alpha value is -1.81. The first-order valence-corrected chi connectivity index (χ1v) is 6.19. The third-order valence-electron chi connectivity index (χ3n) is 2.33. The second-order valence-electron chi connectivity index (χ2n) is 4.19. The van der Waals surface area contributed by atoms with Crippen LogP contribution in [0, 0.1) is 6.92 Å². The van der Waals surface area contributed by atoms with Crippen molar-refractivity contribution in [2.75, 3.05) is 26.4 Å². The Morgan fingerprint density at radius 3 is 2.37 bits per heavy atom. The predicted molar refractivity (Wildman–Crippen MR) is 73.3 cm³/mol. The van der Waals surface area contributed by atoms with Gasteiger partial charge in [0, 0.05) is 5.57 Å². The number of ether oxygens (including phenoxy) is 3. The fourth-order valence-electron chi connectivity index (χ4n) is 1.27. The van der Waals surface area contributed by atoms with Crippen LogP contribution >= 0.6 is 0 Å². The molecule has 1 rings (SSSR count). The van der Waals surface area contributed by atoms with E-state index < -0.39 is 0 Å². The van der Waals surface area contributed by atoms with Crippen LogP contribution in [-0.4, -0.2) is 32.4 Å². The summed E-state index contributed by atoms with van der Waals surface area (Å²) in [6, 6.07) is 7.83. The number of carbonyl (C=O) groups is 1. The van der Waals surface area contributed by atoms with Crippen molar-refractivity contribution in [1.29, 1.82) is 0 Å². The normalized spacial score (nSPS) is 10.0. The van der Waals surface area contributed by atoms with Crippen LogP contribution in [0.5, 0.6) is 5.75 Å². The highest BCUT2D eigenvalue weighted by atomic mass is 16.6. The van der Waals surface area contributed by atoms with Gasteiger partial charge < -0.3 is 14.2 Å². The molecule has 0 heterocycles. The molecule has 0 fully saturated rings. The van der Waals surface area contributed by atoms with Gasteiger partial charge in [-0.1, -0.05) is 24.3 Å². The van der Waals surface area contributed by atoms with Gasteiger partial charge in [-0.3, -0.25) is 0 Å². The van der Waals surface area contributed by atoms with E-state index in [0.29, 0.717) is 25.4 Å². The summed E-state index contributed by atoms with van der Waals surface area (Å²) in [5.74, 6) is 0.433. The number of hydrogen-bond donors (Lipinski definition) is 0. The minimum absolute atomic E-state index is 0.232. The molecule has 104 valence electrons. The summed E-state index contributed by atoms with van der Waals surface area (Å²) in [5.41, 5.74) is 1.59. The SMILES string of the molecule is C=C(C)C(=O)OCCOCCOc1ccc(C)cc1. The first kappa shape index (κ1) is 15.2. The zero-order valence-electron chi connectivity index (χ0n) is 11.5. The van der Waals surface area contributed by atoms with E-state index in [-0.39, 0.29) is 12.6 Å². The van der Waals surface area contributed by atoms with Gasteiger partial charge in [0.05, 0.1) is 13.2 Å². The summed E-state index contributed by atoms with van der Waals surface area (Å²) in [7, 11) is 0. The van der Waals surface area contributed by atoms with Crippen LogP contribution in [0.1, 0.15) is 12.5 Å². The highest BCUT2D eigenvalue weighted by molar-refractivity contribution is 5.86. The zero-order chi connectivity index (χ0) is 14.1. The van der Waals surface area contributed by atoms with Gasteiger partial charge in [-0.05, 0) is 26.0 Å². The summed E-state index contributed by atoms with van der Waals surface area (Å²) < 4.78 is 15.6. The second kappa shape index (κ2) is 8.32. The molecule has 19 heavy (non-hydrogen) atoms. The minimum atomic E-state index is -0.389. The largest absolute Gasteiger partial charge is 0.491 e. The van der Waals surface area contributed by atoms with Gasteiger partial charge in [0.2, 0.25) is 0 Å². The number of benzene rings is 1. The maximum Gasteiger partial charge on any atom is 0.333 e. The molecule has 0 bridgehead atoms. The molecule has 4 nitrogen and oxygen atoms in total. The van der Waals surface area contributed by atoms with Crippen LogP contribution in [0.3, 0.4) is 0 Å². The molecule has 0 aliphatic heterocycles. The van der Waals surface area contributed by atoms with Crippen molar-refractivity contribution in [1.82, 2.24) is 0 Å². The van der Waals surface area contributed by atoms with Crippen molar-refractivity contribution in [2.45, 2.75) is 13.8 Å². The van der Waals surface area contributed by atoms with Gasteiger partial charge >= 0.3 is 5.97 Å². The molecule has 0 aliphatic rings. The standard InChI is InChI=1S/C15H20O4/c1-12(2)15(16)19-11-9-17-8-10-18-14-6-4-13(3)5-7-14/h4-7H,1,8-11H2,2-3H3. The molecular weight excluding hydrogens is 244 g/mol. The summed E-state index contributed by atoms with van der Waals surface area (Å²) in [6.07, 6.45) is 0. The Kier molecular flexibility index (Phi) is 6.68. The molecule has 1 aromatic rings. The van der Waals surface area contributed by atoms with Crippen LogP contribution < -0.4 is 4.74 Å². The highest BCUT2D eigenvalue weighted by Crippen LogP contribution is 2.10. The van der Waals surface area contributed by atoms with Crippen LogP contribution in [0.15, 0.2) is 36.4 Å². The molecule has 0 aliphatic carbocycles. The summed E-state index contributed by atoms with van der Waals surface area (Å²) >= 11 is 0. The van der Waals surface area contributed by atoms with Gasteiger partial charge in [0.1, 0.15) is 19.0 Å². The zero-order valence-corrected chi connectivity index (χ0v) is 11.5. The van der Waals surface area contributed by atoms with E-state index >= 15 is 0 Å². The maximum atomic E-state index is 11.0. The van der Waals surface area contributed by atoms with Crippen molar-refractivity contribution >= 4 is 5.97 Å². The van der Waals surface area contributed by atoms with Crippen molar-refractivity contribution in [3.05, 3.63) is 42.0 Å². The van der Waals surface area contributed by atoms with Crippen molar-refractivity contribution < 1.29 is 19.0 Å². The summed E-state index contributed by atoms with van der Waals surface area (Å²) in [6.45, 7) is 8.64. The number of carbonyl (C=O) groups excluding carboxylic acids is 1. The molecule has 0 radical (unpaired) electrons. The molecule has 1 aromatic carbocycles. The smallest absolute Gasteiger partial charge is 0.333 e. The van der Waals surface area contributed by atoms with Crippen LogP contribution in [0.25, 0.3) is 0 Å². The van der Waals surface area contributed by atoms with E-state index in [9.17, 15) is 4.79 Å². The topological polar surface area (TPSA) is 44.8 Å². The van der Waals surface area contributed by atoms with Gasteiger partial charge in [-0.25, -0.2) is 4.79 Å². The number of esters is 1. The molecule has 0 atom stereocenters. The van der Waals surface area contributed by atoms with Crippen LogP contribution in [0.4, 0.5) is 0 Å².